The van der Waals surface area contributed by atoms with Crippen LogP contribution in [0.4, 0.5) is 5.69 Å². The molecule has 0 spiro atoms. The van der Waals surface area contributed by atoms with E-state index in [1.54, 1.807) is 0 Å². The van der Waals surface area contributed by atoms with E-state index >= 15 is 0 Å². The zero-order valence-electron chi connectivity index (χ0n) is 8.56. The highest BCUT2D eigenvalue weighted by atomic mass is 35.5. The molecule has 0 saturated heterocycles. The Morgan fingerprint density at radius 2 is 2.07 bits per heavy atom. The fourth-order valence-electron chi connectivity index (χ4n) is 1.46. The van der Waals surface area contributed by atoms with Crippen LogP contribution in [0.1, 0.15) is 18.9 Å². The summed E-state index contributed by atoms with van der Waals surface area (Å²) in [5.41, 5.74) is 2.27. The fraction of sp³-hybridized carbons (Fsp3) is 0.455. The van der Waals surface area contributed by atoms with Crippen molar-refractivity contribution in [1.29, 1.82) is 0 Å². The van der Waals surface area contributed by atoms with Crippen molar-refractivity contribution in [3.05, 3.63) is 28.8 Å². The third-order valence-electron chi connectivity index (χ3n) is 2.16. The van der Waals surface area contributed by atoms with Gasteiger partial charge in [-0.05, 0) is 24.1 Å². The van der Waals surface area contributed by atoms with Crippen molar-refractivity contribution >= 4 is 28.9 Å². The second kappa shape index (κ2) is 5.47. The Balaban J connectivity index is 2.97. The molecule has 1 rings (SSSR count). The highest BCUT2D eigenvalue weighted by Crippen LogP contribution is 2.25. The fourth-order valence-corrected chi connectivity index (χ4v) is 1.85. The van der Waals surface area contributed by atoms with Crippen LogP contribution in [0, 0.1) is 0 Å². The third-order valence-corrected chi connectivity index (χ3v) is 2.68. The van der Waals surface area contributed by atoms with Crippen LogP contribution in [0.25, 0.3) is 0 Å². The molecule has 3 heteroatoms. The van der Waals surface area contributed by atoms with E-state index in [0.717, 1.165) is 29.2 Å². The van der Waals surface area contributed by atoms with Crippen LogP contribution in [0.5, 0.6) is 0 Å². The van der Waals surface area contributed by atoms with E-state index in [1.807, 2.05) is 18.2 Å². The Bertz CT molecular complexity index is 299. The molecule has 0 fully saturated rings. The van der Waals surface area contributed by atoms with Crippen molar-refractivity contribution in [2.24, 2.45) is 0 Å². The maximum Gasteiger partial charge on any atom is 0.0494 e. The molecule has 0 heterocycles. The van der Waals surface area contributed by atoms with Crippen LogP contribution < -0.4 is 4.90 Å². The molecule has 0 N–H and O–H groups in total. The smallest absolute Gasteiger partial charge is 0.0494 e. The predicted octanol–water partition coefficient (Wildman–Crippen LogP) is 3.93. The third kappa shape index (κ3) is 2.79. The van der Waals surface area contributed by atoms with Gasteiger partial charge in [0.05, 0.1) is 0 Å². The van der Waals surface area contributed by atoms with Gasteiger partial charge in [-0.2, -0.15) is 0 Å². The normalized spacial score (nSPS) is 10.3. The molecule has 78 valence electrons. The molecule has 14 heavy (non-hydrogen) atoms. The SMILES string of the molecule is CCCN(C)c1cc(Cl)ccc1CCl. The van der Waals surface area contributed by atoms with Gasteiger partial charge in [0.2, 0.25) is 0 Å². The number of hydrogen-bond acceptors (Lipinski definition) is 1. The second-order valence-electron chi connectivity index (χ2n) is 3.33. The molecule has 0 radical (unpaired) electrons. The van der Waals surface area contributed by atoms with Crippen LogP contribution in [-0.4, -0.2) is 13.6 Å². The van der Waals surface area contributed by atoms with E-state index in [-0.39, 0.29) is 0 Å². The summed E-state index contributed by atoms with van der Waals surface area (Å²) in [6, 6.07) is 5.83. The summed E-state index contributed by atoms with van der Waals surface area (Å²) in [7, 11) is 2.06. The van der Waals surface area contributed by atoms with Crippen LogP contribution in [0.3, 0.4) is 0 Å². The van der Waals surface area contributed by atoms with E-state index in [2.05, 4.69) is 18.9 Å². The van der Waals surface area contributed by atoms with Gasteiger partial charge in [0.25, 0.3) is 0 Å². The number of anilines is 1. The number of rotatable bonds is 4. The number of alkyl halides is 1. The Hall–Kier alpha value is -0.400. The number of halogens is 2. The van der Waals surface area contributed by atoms with Gasteiger partial charge in [0.15, 0.2) is 0 Å². The molecule has 0 saturated carbocycles. The van der Waals surface area contributed by atoms with Crippen molar-refractivity contribution in [3.63, 3.8) is 0 Å². The van der Waals surface area contributed by atoms with Gasteiger partial charge >= 0.3 is 0 Å². The molecular weight excluding hydrogens is 217 g/mol. The summed E-state index contributed by atoms with van der Waals surface area (Å²) in [5, 5.41) is 0.761. The first-order chi connectivity index (χ1) is 6.69. The summed E-state index contributed by atoms with van der Waals surface area (Å²) in [4.78, 5) is 2.18. The van der Waals surface area contributed by atoms with Gasteiger partial charge < -0.3 is 4.90 Å². The van der Waals surface area contributed by atoms with Crippen molar-refractivity contribution in [2.75, 3.05) is 18.5 Å². The Labute approximate surface area is 95.6 Å². The van der Waals surface area contributed by atoms with Crippen LogP contribution in [-0.2, 0) is 5.88 Å². The van der Waals surface area contributed by atoms with Gasteiger partial charge in [0.1, 0.15) is 0 Å². The van der Waals surface area contributed by atoms with Gasteiger partial charge in [0, 0.05) is 30.2 Å². The minimum absolute atomic E-state index is 0.528. The number of nitrogens with zero attached hydrogens (tertiary/aromatic N) is 1. The zero-order valence-corrected chi connectivity index (χ0v) is 10.1. The monoisotopic (exact) mass is 231 g/mol. The molecule has 0 aliphatic heterocycles. The molecule has 0 unspecified atom stereocenters. The highest BCUT2D eigenvalue weighted by molar-refractivity contribution is 6.31. The van der Waals surface area contributed by atoms with E-state index in [1.165, 1.54) is 0 Å². The number of hydrogen-bond donors (Lipinski definition) is 0. The summed E-state index contributed by atoms with van der Waals surface area (Å²) in [5.74, 6) is 0.528. The first kappa shape index (κ1) is 11.7. The summed E-state index contributed by atoms with van der Waals surface area (Å²) in [6.07, 6.45) is 1.12. The van der Waals surface area contributed by atoms with Gasteiger partial charge in [-0.3, -0.25) is 0 Å². The van der Waals surface area contributed by atoms with E-state index in [9.17, 15) is 0 Å². The minimum atomic E-state index is 0.528. The van der Waals surface area contributed by atoms with Crippen LogP contribution in [0.15, 0.2) is 18.2 Å². The number of benzene rings is 1. The van der Waals surface area contributed by atoms with Crippen molar-refractivity contribution in [2.45, 2.75) is 19.2 Å². The standard InChI is InChI=1S/C11H15Cl2N/c1-3-6-14(2)11-7-10(13)5-4-9(11)8-12/h4-5,7H,3,6,8H2,1-2H3. The molecule has 0 bridgehead atoms. The molecule has 0 aliphatic rings. The van der Waals surface area contributed by atoms with Crippen LogP contribution >= 0.6 is 23.2 Å². The molecule has 0 aromatic heterocycles. The topological polar surface area (TPSA) is 3.24 Å². The maximum atomic E-state index is 5.95. The predicted molar refractivity (Wildman–Crippen MR) is 64.6 cm³/mol. The van der Waals surface area contributed by atoms with Crippen molar-refractivity contribution < 1.29 is 0 Å². The average Bonchev–Trinajstić information content (AvgIpc) is 2.18. The summed E-state index contributed by atoms with van der Waals surface area (Å²) in [6.45, 7) is 3.17. The molecule has 1 aromatic carbocycles. The second-order valence-corrected chi connectivity index (χ2v) is 4.03. The van der Waals surface area contributed by atoms with Crippen molar-refractivity contribution in [3.8, 4) is 0 Å². The van der Waals surface area contributed by atoms with E-state index < -0.39 is 0 Å². The molecule has 1 nitrogen and oxygen atoms in total. The molecule has 0 aliphatic carbocycles. The first-order valence-corrected chi connectivity index (χ1v) is 5.65. The lowest BCUT2D eigenvalue weighted by Gasteiger charge is -2.21. The molecule has 0 amide bonds. The Morgan fingerprint density at radius 3 is 2.64 bits per heavy atom. The maximum absolute atomic E-state index is 5.95. The first-order valence-electron chi connectivity index (χ1n) is 4.74. The summed E-state index contributed by atoms with van der Waals surface area (Å²) < 4.78 is 0. The highest BCUT2D eigenvalue weighted by Gasteiger charge is 2.06. The summed E-state index contributed by atoms with van der Waals surface area (Å²) >= 11 is 11.8. The lowest BCUT2D eigenvalue weighted by Crippen LogP contribution is -2.19. The minimum Gasteiger partial charge on any atom is -0.374 e. The zero-order chi connectivity index (χ0) is 10.6. The van der Waals surface area contributed by atoms with Crippen LogP contribution in [0.2, 0.25) is 5.02 Å². The average molecular weight is 232 g/mol. The van der Waals surface area contributed by atoms with E-state index in [0.29, 0.717) is 5.88 Å². The Morgan fingerprint density at radius 1 is 1.36 bits per heavy atom. The molecule has 1 aromatic rings. The van der Waals surface area contributed by atoms with Gasteiger partial charge in [-0.25, -0.2) is 0 Å². The molecular formula is C11H15Cl2N. The van der Waals surface area contributed by atoms with Crippen molar-refractivity contribution in [1.82, 2.24) is 0 Å². The largest absolute Gasteiger partial charge is 0.374 e. The van der Waals surface area contributed by atoms with E-state index in [4.69, 9.17) is 23.2 Å². The van der Waals surface area contributed by atoms with Gasteiger partial charge in [-0.1, -0.05) is 24.6 Å². The lowest BCUT2D eigenvalue weighted by atomic mass is 10.2. The van der Waals surface area contributed by atoms with Gasteiger partial charge in [-0.15, -0.1) is 11.6 Å². The molecule has 0 atom stereocenters. The Kier molecular flexibility index (Phi) is 4.56. The lowest BCUT2D eigenvalue weighted by molar-refractivity contribution is 0.848. The quantitative estimate of drug-likeness (QED) is 0.711.